The Hall–Kier alpha value is -0.830. The monoisotopic (exact) mass is 402 g/mol. The maximum atomic E-state index is 11.7. The number of hydrogen-bond acceptors (Lipinski definition) is 3. The molecule has 3 nitrogen and oxygen atoms in total. The van der Waals surface area contributed by atoms with Crippen molar-refractivity contribution in [2.75, 3.05) is 7.11 Å². The van der Waals surface area contributed by atoms with E-state index in [1.54, 1.807) is 5.57 Å². The van der Waals surface area contributed by atoms with Gasteiger partial charge in [-0.15, -0.1) is 0 Å². The van der Waals surface area contributed by atoms with Crippen molar-refractivity contribution < 1.29 is 14.6 Å². The van der Waals surface area contributed by atoms with E-state index >= 15 is 0 Å². The average molecular weight is 403 g/mol. The number of rotatable bonds is 4. The van der Waals surface area contributed by atoms with Crippen LogP contribution in [-0.2, 0) is 9.53 Å². The second kappa shape index (κ2) is 7.39. The molecule has 0 aromatic heterocycles. The molecule has 3 fully saturated rings. The molecule has 8 atom stereocenters. The lowest BCUT2D eigenvalue weighted by Crippen LogP contribution is -2.52. The van der Waals surface area contributed by atoms with E-state index in [-0.39, 0.29) is 5.97 Å². The molecule has 0 bridgehead atoms. The molecule has 4 rings (SSSR count). The second-order valence-electron chi connectivity index (χ2n) is 11.8. The Morgan fingerprint density at radius 3 is 2.66 bits per heavy atom. The van der Waals surface area contributed by atoms with Gasteiger partial charge in [0.15, 0.2) is 0 Å². The Morgan fingerprint density at radius 1 is 1.17 bits per heavy atom. The molecule has 4 aliphatic rings. The molecule has 1 N–H and O–H groups in total. The van der Waals surface area contributed by atoms with E-state index in [4.69, 9.17) is 4.74 Å². The topological polar surface area (TPSA) is 46.5 Å². The lowest BCUT2D eigenvalue weighted by Gasteiger charge is -2.59. The largest absolute Gasteiger partial charge is 0.469 e. The van der Waals surface area contributed by atoms with Crippen molar-refractivity contribution in [3.05, 3.63) is 11.6 Å². The van der Waals surface area contributed by atoms with E-state index in [2.05, 4.69) is 26.8 Å². The Labute approximate surface area is 177 Å². The van der Waals surface area contributed by atoms with E-state index in [0.29, 0.717) is 23.2 Å². The number of fused-ring (bicyclic) bond motifs is 5. The van der Waals surface area contributed by atoms with Gasteiger partial charge in [0.25, 0.3) is 0 Å². The molecule has 0 heterocycles. The van der Waals surface area contributed by atoms with Crippen molar-refractivity contribution >= 4 is 5.97 Å². The SMILES string of the molecule is COC(=O)CC[C@@H](C)[C@H]1CCC2[C@@H]3CC=C4C[C@@](C)(O)CC[C@]4(C)C3CC[C@@]21C. The summed E-state index contributed by atoms with van der Waals surface area (Å²) in [5.41, 5.74) is 1.79. The molecule has 3 heteroatoms. The van der Waals surface area contributed by atoms with Crippen LogP contribution in [-0.4, -0.2) is 23.8 Å². The summed E-state index contributed by atoms with van der Waals surface area (Å²) in [7, 11) is 1.50. The Bertz CT molecular complexity index is 679. The number of methoxy groups -OCH3 is 1. The van der Waals surface area contributed by atoms with Crippen LogP contribution in [0.5, 0.6) is 0 Å². The second-order valence-corrected chi connectivity index (χ2v) is 11.8. The van der Waals surface area contributed by atoms with Gasteiger partial charge >= 0.3 is 5.97 Å². The Kier molecular flexibility index (Phi) is 5.46. The van der Waals surface area contributed by atoms with Gasteiger partial charge in [-0.2, -0.15) is 0 Å². The third-order valence-electron chi connectivity index (χ3n) is 10.2. The van der Waals surface area contributed by atoms with Gasteiger partial charge in [0.2, 0.25) is 0 Å². The van der Waals surface area contributed by atoms with E-state index in [1.807, 2.05) is 6.92 Å². The fourth-order valence-electron chi connectivity index (χ4n) is 8.43. The lowest BCUT2D eigenvalue weighted by molar-refractivity contribution is -0.141. The predicted molar refractivity (Wildman–Crippen MR) is 116 cm³/mol. The molecule has 164 valence electrons. The molecule has 0 radical (unpaired) electrons. The van der Waals surface area contributed by atoms with Crippen LogP contribution in [0.3, 0.4) is 0 Å². The highest BCUT2D eigenvalue weighted by atomic mass is 16.5. The zero-order valence-corrected chi connectivity index (χ0v) is 19.3. The number of aliphatic hydroxyl groups is 1. The normalized spacial score (nSPS) is 47.4. The summed E-state index contributed by atoms with van der Waals surface area (Å²) in [6, 6.07) is 0. The van der Waals surface area contributed by atoms with Gasteiger partial charge in [-0.05, 0) is 105 Å². The highest BCUT2D eigenvalue weighted by molar-refractivity contribution is 5.69. The highest BCUT2D eigenvalue weighted by Crippen LogP contribution is 2.67. The number of ether oxygens (including phenoxy) is 1. The molecule has 4 aliphatic carbocycles. The molecule has 0 aliphatic heterocycles. The van der Waals surface area contributed by atoms with Crippen LogP contribution in [0.4, 0.5) is 0 Å². The minimum atomic E-state index is -0.505. The molecule has 29 heavy (non-hydrogen) atoms. The molecule has 2 unspecified atom stereocenters. The summed E-state index contributed by atoms with van der Waals surface area (Å²) in [5, 5.41) is 10.6. The molecular weight excluding hydrogens is 360 g/mol. The van der Waals surface area contributed by atoms with Crippen molar-refractivity contribution in [2.45, 2.75) is 97.5 Å². The van der Waals surface area contributed by atoms with Crippen molar-refractivity contribution in [2.24, 2.45) is 40.4 Å². The number of allylic oxidation sites excluding steroid dienone is 1. The van der Waals surface area contributed by atoms with Crippen LogP contribution >= 0.6 is 0 Å². The molecule has 0 amide bonds. The first-order valence-corrected chi connectivity index (χ1v) is 12.1. The Balaban J connectivity index is 1.52. The van der Waals surface area contributed by atoms with E-state index < -0.39 is 5.60 Å². The smallest absolute Gasteiger partial charge is 0.305 e. The first-order chi connectivity index (χ1) is 13.6. The summed E-state index contributed by atoms with van der Waals surface area (Å²) < 4.78 is 4.88. The van der Waals surface area contributed by atoms with Crippen molar-refractivity contribution in [3.63, 3.8) is 0 Å². The van der Waals surface area contributed by atoms with Crippen molar-refractivity contribution in [1.29, 1.82) is 0 Å². The summed E-state index contributed by atoms with van der Waals surface area (Å²) in [6.45, 7) is 9.48. The van der Waals surface area contributed by atoms with Gasteiger partial charge in [0.1, 0.15) is 0 Å². The number of carbonyl (C=O) groups is 1. The molecule has 0 aromatic rings. The van der Waals surface area contributed by atoms with Gasteiger partial charge in [-0.25, -0.2) is 0 Å². The van der Waals surface area contributed by atoms with Gasteiger partial charge in [0.05, 0.1) is 12.7 Å². The van der Waals surface area contributed by atoms with E-state index in [9.17, 15) is 9.90 Å². The fraction of sp³-hybridized carbons (Fsp3) is 0.885. The van der Waals surface area contributed by atoms with Gasteiger partial charge in [-0.1, -0.05) is 32.4 Å². The summed E-state index contributed by atoms with van der Waals surface area (Å²) in [6.07, 6.45) is 13.6. The quantitative estimate of drug-likeness (QED) is 0.470. The van der Waals surface area contributed by atoms with Crippen LogP contribution in [0.2, 0.25) is 0 Å². The van der Waals surface area contributed by atoms with Crippen LogP contribution in [0, 0.1) is 40.4 Å². The van der Waals surface area contributed by atoms with Crippen LogP contribution < -0.4 is 0 Å². The maximum Gasteiger partial charge on any atom is 0.305 e. The fourth-order valence-corrected chi connectivity index (χ4v) is 8.43. The highest BCUT2D eigenvalue weighted by Gasteiger charge is 2.59. The zero-order valence-electron chi connectivity index (χ0n) is 19.3. The van der Waals surface area contributed by atoms with E-state index in [1.165, 1.54) is 39.2 Å². The minimum Gasteiger partial charge on any atom is -0.469 e. The summed E-state index contributed by atoms with van der Waals surface area (Å²) >= 11 is 0. The summed E-state index contributed by atoms with van der Waals surface area (Å²) in [4.78, 5) is 11.7. The molecule has 0 saturated heterocycles. The molecular formula is C26H42O3. The van der Waals surface area contributed by atoms with Gasteiger partial charge in [0, 0.05) is 6.42 Å². The van der Waals surface area contributed by atoms with E-state index in [0.717, 1.165) is 49.4 Å². The Morgan fingerprint density at radius 2 is 1.93 bits per heavy atom. The summed E-state index contributed by atoms with van der Waals surface area (Å²) in [5.74, 6) is 3.69. The van der Waals surface area contributed by atoms with Crippen LogP contribution in [0.1, 0.15) is 91.9 Å². The standard InChI is InChI=1S/C26H42O3/c1-17(6-11-23(27)29-5)20-9-10-21-19-8-7-18-16-24(2,28)14-15-25(18,3)22(19)12-13-26(20,21)4/h7,17,19-22,28H,6,8-16H2,1-5H3/t17-,19+,20-,21?,22?,24+,25+,26-/m1/s1. The van der Waals surface area contributed by atoms with Gasteiger partial charge < -0.3 is 9.84 Å². The van der Waals surface area contributed by atoms with Crippen molar-refractivity contribution in [3.8, 4) is 0 Å². The van der Waals surface area contributed by atoms with Crippen LogP contribution in [0.25, 0.3) is 0 Å². The molecule has 0 aromatic carbocycles. The van der Waals surface area contributed by atoms with Gasteiger partial charge in [-0.3, -0.25) is 4.79 Å². The average Bonchev–Trinajstić information content (AvgIpc) is 3.03. The predicted octanol–water partition coefficient (Wildman–Crippen LogP) is 5.91. The number of hydrogen-bond donors (Lipinski definition) is 1. The molecule has 0 spiro atoms. The maximum absolute atomic E-state index is 11.7. The van der Waals surface area contributed by atoms with Crippen LogP contribution in [0.15, 0.2) is 11.6 Å². The molecule has 3 saturated carbocycles. The third kappa shape index (κ3) is 3.50. The lowest BCUT2D eigenvalue weighted by atomic mass is 9.46. The minimum absolute atomic E-state index is 0.0636. The first-order valence-electron chi connectivity index (χ1n) is 12.1. The zero-order chi connectivity index (χ0) is 21.0. The third-order valence-corrected chi connectivity index (χ3v) is 10.2. The first kappa shape index (κ1) is 21.4. The van der Waals surface area contributed by atoms with Crippen molar-refractivity contribution in [1.82, 2.24) is 0 Å². The number of esters is 1. The number of carbonyl (C=O) groups excluding carboxylic acids is 1.